The molecular weight excluding hydrogens is 259 g/mol. The van der Waals surface area contributed by atoms with Gasteiger partial charge in [0, 0.05) is 6.20 Å². The lowest BCUT2D eigenvalue weighted by Gasteiger charge is -2.23. The Labute approximate surface area is 90.0 Å². The monoisotopic (exact) mass is 263 g/mol. The number of hydrogen-bond donors (Lipinski definition) is 0. The first-order valence-electron chi connectivity index (χ1n) is 4.03. The van der Waals surface area contributed by atoms with Crippen molar-refractivity contribution < 1.29 is 35.5 Å². The van der Waals surface area contributed by atoms with E-state index in [1.807, 2.05) is 0 Å². The maximum absolute atomic E-state index is 12.8. The van der Waals surface area contributed by atoms with Crippen molar-refractivity contribution in [2.24, 2.45) is 0 Å². The van der Waals surface area contributed by atoms with Gasteiger partial charge in [-0.2, -0.15) is 26.3 Å². The maximum atomic E-state index is 12.8. The second-order valence-corrected chi connectivity index (χ2v) is 2.87. The Morgan fingerprint density at radius 2 is 1.59 bits per heavy atom. The number of nitrogens with zero attached hydrogens (tertiary/aromatic N) is 1. The highest BCUT2D eigenvalue weighted by atomic mass is 19.4. The molecule has 0 aromatic carbocycles. The van der Waals surface area contributed by atoms with E-state index in [9.17, 15) is 30.7 Å². The third-order valence-electron chi connectivity index (χ3n) is 1.55. The van der Waals surface area contributed by atoms with Gasteiger partial charge < -0.3 is 4.74 Å². The second-order valence-electron chi connectivity index (χ2n) is 2.87. The molecule has 0 N–H and O–H groups in total. The normalized spacial score (nSPS) is 12.9. The van der Waals surface area contributed by atoms with Crippen molar-refractivity contribution in [3.63, 3.8) is 0 Å². The minimum Gasteiger partial charge on any atom is -0.453 e. The van der Waals surface area contributed by atoms with Crippen LogP contribution in [0, 0.1) is 5.82 Å². The summed E-state index contributed by atoms with van der Waals surface area (Å²) < 4.78 is 88.6. The van der Waals surface area contributed by atoms with Crippen LogP contribution in [-0.4, -0.2) is 23.4 Å². The molecule has 0 radical (unpaired) electrons. The zero-order valence-corrected chi connectivity index (χ0v) is 7.81. The molecule has 0 saturated carbocycles. The van der Waals surface area contributed by atoms with Crippen LogP contribution in [0.1, 0.15) is 0 Å². The van der Waals surface area contributed by atoms with Crippen LogP contribution >= 0.6 is 0 Å². The van der Waals surface area contributed by atoms with Crippen LogP contribution in [0.25, 0.3) is 0 Å². The highest BCUT2D eigenvalue weighted by molar-refractivity contribution is 5.13. The van der Waals surface area contributed by atoms with Gasteiger partial charge in [0.05, 0.1) is 0 Å². The number of aromatic nitrogens is 1. The van der Waals surface area contributed by atoms with Crippen LogP contribution in [0.3, 0.4) is 0 Å². The molecule has 2 nitrogen and oxygen atoms in total. The van der Waals surface area contributed by atoms with Crippen molar-refractivity contribution >= 4 is 0 Å². The summed E-state index contributed by atoms with van der Waals surface area (Å²) in [6.07, 6.45) is -14.7. The van der Waals surface area contributed by atoms with Crippen molar-refractivity contribution in [3.8, 4) is 5.88 Å². The molecule has 17 heavy (non-hydrogen) atoms. The zero-order chi connectivity index (χ0) is 13.3. The number of hydrogen-bond acceptors (Lipinski definition) is 2. The molecule has 0 aliphatic carbocycles. The molecule has 1 rings (SSSR count). The smallest absolute Gasteiger partial charge is 0.434 e. The molecule has 0 amide bonds. The van der Waals surface area contributed by atoms with Crippen molar-refractivity contribution in [1.82, 2.24) is 4.98 Å². The highest BCUT2D eigenvalue weighted by Crippen LogP contribution is 2.36. The SMILES string of the molecule is Fc1cccnc1OC(C(F)(F)F)C(F)(F)F. The van der Waals surface area contributed by atoms with Crippen LogP contribution in [0.2, 0.25) is 0 Å². The van der Waals surface area contributed by atoms with E-state index in [0.717, 1.165) is 12.3 Å². The minimum atomic E-state index is -5.71. The van der Waals surface area contributed by atoms with Crippen molar-refractivity contribution in [1.29, 1.82) is 0 Å². The van der Waals surface area contributed by atoms with Crippen LogP contribution in [-0.2, 0) is 0 Å². The molecule has 1 aromatic rings. The number of halogens is 7. The van der Waals surface area contributed by atoms with Gasteiger partial charge in [0.1, 0.15) is 0 Å². The molecule has 96 valence electrons. The summed E-state index contributed by atoms with van der Waals surface area (Å²) in [7, 11) is 0. The van der Waals surface area contributed by atoms with Gasteiger partial charge in [-0.25, -0.2) is 9.37 Å². The molecule has 0 bridgehead atoms. The van der Waals surface area contributed by atoms with E-state index in [0.29, 0.717) is 6.07 Å². The average Bonchev–Trinajstić information content (AvgIpc) is 2.12. The van der Waals surface area contributed by atoms with Crippen molar-refractivity contribution in [3.05, 3.63) is 24.1 Å². The van der Waals surface area contributed by atoms with Gasteiger partial charge in [-0.05, 0) is 12.1 Å². The van der Waals surface area contributed by atoms with E-state index < -0.39 is 30.2 Å². The number of pyridine rings is 1. The van der Waals surface area contributed by atoms with E-state index in [4.69, 9.17) is 0 Å². The van der Waals surface area contributed by atoms with E-state index in [1.54, 1.807) is 0 Å². The van der Waals surface area contributed by atoms with Crippen LogP contribution < -0.4 is 4.74 Å². The second kappa shape index (κ2) is 4.38. The van der Waals surface area contributed by atoms with Gasteiger partial charge in [-0.15, -0.1) is 0 Å². The number of rotatable bonds is 2. The quantitative estimate of drug-likeness (QED) is 0.765. The first-order valence-corrected chi connectivity index (χ1v) is 4.03. The lowest BCUT2D eigenvalue weighted by Crippen LogP contribution is -2.46. The van der Waals surface area contributed by atoms with E-state index in [1.165, 1.54) is 0 Å². The van der Waals surface area contributed by atoms with Gasteiger partial charge >= 0.3 is 12.4 Å². The molecule has 0 aliphatic rings. The molecule has 0 fully saturated rings. The molecule has 0 atom stereocenters. The summed E-state index contributed by atoms with van der Waals surface area (Å²) in [5.74, 6) is -2.77. The summed E-state index contributed by atoms with van der Waals surface area (Å²) in [6, 6.07) is 1.63. The van der Waals surface area contributed by atoms with Gasteiger partial charge in [0.25, 0.3) is 12.0 Å². The van der Waals surface area contributed by atoms with Crippen molar-refractivity contribution in [2.45, 2.75) is 18.5 Å². The summed E-state index contributed by atoms with van der Waals surface area (Å²) in [5, 5.41) is 0. The predicted octanol–water partition coefficient (Wildman–Crippen LogP) is 3.09. The maximum Gasteiger partial charge on any atom is 0.434 e. The first kappa shape index (κ1) is 13.5. The number of ether oxygens (including phenoxy) is 1. The molecule has 0 unspecified atom stereocenters. The van der Waals surface area contributed by atoms with Crippen molar-refractivity contribution in [2.75, 3.05) is 0 Å². The van der Waals surface area contributed by atoms with Crippen LogP contribution in [0.15, 0.2) is 18.3 Å². The highest BCUT2D eigenvalue weighted by Gasteiger charge is 2.59. The topological polar surface area (TPSA) is 22.1 Å². The fourth-order valence-electron chi connectivity index (χ4n) is 0.889. The Bertz CT molecular complexity index is 372. The molecule has 0 spiro atoms. The molecule has 1 heterocycles. The molecule has 1 aromatic heterocycles. The Morgan fingerprint density at radius 3 is 2.00 bits per heavy atom. The summed E-state index contributed by atoms with van der Waals surface area (Å²) >= 11 is 0. The largest absolute Gasteiger partial charge is 0.453 e. The molecule has 0 aliphatic heterocycles. The first-order chi connectivity index (χ1) is 7.62. The fraction of sp³-hybridized carbons (Fsp3) is 0.375. The lowest BCUT2D eigenvalue weighted by atomic mass is 10.3. The van der Waals surface area contributed by atoms with Crippen LogP contribution in [0.5, 0.6) is 5.88 Å². The Kier molecular flexibility index (Phi) is 3.48. The predicted molar refractivity (Wildman–Crippen MR) is 40.7 cm³/mol. The average molecular weight is 263 g/mol. The minimum absolute atomic E-state index is 0.631. The Hall–Kier alpha value is -1.54. The zero-order valence-electron chi connectivity index (χ0n) is 7.81. The van der Waals surface area contributed by atoms with E-state index in [-0.39, 0.29) is 0 Å². The van der Waals surface area contributed by atoms with Gasteiger partial charge in [-0.1, -0.05) is 0 Å². The molecule has 9 heteroatoms. The standard InChI is InChI=1S/C8H4F7NO/c9-4-2-1-3-16-5(4)17-6(7(10,11)12)8(13,14)15/h1-3,6H. The Morgan fingerprint density at radius 1 is 1.06 bits per heavy atom. The summed E-state index contributed by atoms with van der Waals surface area (Å²) in [5.41, 5.74) is 0. The van der Waals surface area contributed by atoms with Crippen LogP contribution in [0.4, 0.5) is 30.7 Å². The summed E-state index contributed by atoms with van der Waals surface area (Å²) in [6.45, 7) is 0. The van der Waals surface area contributed by atoms with Gasteiger partial charge in [-0.3, -0.25) is 0 Å². The fourth-order valence-corrected chi connectivity index (χ4v) is 0.889. The third kappa shape index (κ3) is 3.46. The van der Waals surface area contributed by atoms with E-state index in [2.05, 4.69) is 9.72 Å². The lowest BCUT2D eigenvalue weighted by molar-refractivity contribution is -0.300. The molecular formula is C8H4F7NO. The number of alkyl halides is 6. The Balaban J connectivity index is 3.00. The van der Waals surface area contributed by atoms with Gasteiger partial charge in [0.15, 0.2) is 5.82 Å². The molecule has 0 saturated heterocycles. The third-order valence-corrected chi connectivity index (χ3v) is 1.55. The van der Waals surface area contributed by atoms with E-state index >= 15 is 0 Å². The summed E-state index contributed by atoms with van der Waals surface area (Å²) in [4.78, 5) is 2.95. The van der Waals surface area contributed by atoms with Gasteiger partial charge in [0.2, 0.25) is 0 Å².